The normalized spacial score (nSPS) is 12.5. The third-order valence-electron chi connectivity index (χ3n) is 4.92. The number of nitrogens with zero attached hydrogens (tertiary/aromatic N) is 2. The van der Waals surface area contributed by atoms with Crippen LogP contribution >= 0.6 is 23.2 Å². The maximum atomic E-state index is 11.5. The van der Waals surface area contributed by atoms with E-state index in [-0.39, 0.29) is 16.9 Å². The van der Waals surface area contributed by atoms with Gasteiger partial charge in [-0.25, -0.2) is 4.79 Å². The zero-order chi connectivity index (χ0) is 21.4. The van der Waals surface area contributed by atoms with Crippen LogP contribution < -0.4 is 10.2 Å². The molecule has 0 unspecified atom stereocenters. The number of carboxylic acid groups (broad SMARTS) is 1. The Kier molecular flexibility index (Phi) is 5.24. The minimum atomic E-state index is -1.17. The van der Waals surface area contributed by atoms with Gasteiger partial charge in [0.2, 0.25) is 0 Å². The first kappa shape index (κ1) is 20.0. The summed E-state index contributed by atoms with van der Waals surface area (Å²) in [6.07, 6.45) is 0. The van der Waals surface area contributed by atoms with Crippen LogP contribution in [0.1, 0.15) is 21.5 Å². The first-order valence-electron chi connectivity index (χ1n) is 8.92. The number of rotatable bonds is 5. The third-order valence-corrected chi connectivity index (χ3v) is 5.66. The number of halogens is 2. The van der Waals surface area contributed by atoms with Crippen LogP contribution in [0.5, 0.6) is 0 Å². The van der Waals surface area contributed by atoms with E-state index in [1.165, 1.54) is 18.2 Å². The molecule has 1 aliphatic rings. The van der Waals surface area contributed by atoms with Gasteiger partial charge >= 0.3 is 5.97 Å². The summed E-state index contributed by atoms with van der Waals surface area (Å²) in [5.74, 6) is -1.17. The number of non-ortho nitro benzene ring substituents is 1. The molecule has 2 N–H and O–H groups in total. The number of fused-ring (bicyclic) bond motifs is 1. The molecule has 152 valence electrons. The Morgan fingerprint density at radius 2 is 1.77 bits per heavy atom. The van der Waals surface area contributed by atoms with Gasteiger partial charge in [0.15, 0.2) is 0 Å². The third kappa shape index (κ3) is 3.90. The van der Waals surface area contributed by atoms with Crippen LogP contribution in [0.2, 0.25) is 10.0 Å². The molecule has 9 heteroatoms. The molecule has 1 aliphatic heterocycles. The van der Waals surface area contributed by atoms with Gasteiger partial charge in [0.25, 0.3) is 5.69 Å². The van der Waals surface area contributed by atoms with E-state index in [1.54, 1.807) is 6.07 Å². The first-order chi connectivity index (χ1) is 14.3. The van der Waals surface area contributed by atoms with E-state index in [9.17, 15) is 20.0 Å². The van der Waals surface area contributed by atoms with Crippen molar-refractivity contribution < 1.29 is 14.8 Å². The summed E-state index contributed by atoms with van der Waals surface area (Å²) in [5.41, 5.74) is 3.72. The van der Waals surface area contributed by atoms with E-state index in [1.807, 2.05) is 30.3 Å². The maximum Gasteiger partial charge on any atom is 0.337 e. The van der Waals surface area contributed by atoms with E-state index < -0.39 is 10.9 Å². The van der Waals surface area contributed by atoms with Gasteiger partial charge in [-0.2, -0.15) is 0 Å². The summed E-state index contributed by atoms with van der Waals surface area (Å²) in [6, 6.07) is 14.8. The molecule has 0 atom stereocenters. The van der Waals surface area contributed by atoms with Gasteiger partial charge < -0.3 is 15.3 Å². The number of nitrogens with one attached hydrogen (secondary N) is 1. The van der Waals surface area contributed by atoms with Crippen molar-refractivity contribution in [2.75, 3.05) is 10.2 Å². The standard InChI is InChI=1S/C21H15Cl2N3O4/c22-18-6-4-15(8-19(18)23)25-10-12-1-2-14(7-13(12)11-25)24-20-9-16(26(29)30)3-5-17(20)21(27)28/h1-9,24H,10-11H2,(H,27,28). The monoisotopic (exact) mass is 443 g/mol. The number of aromatic carboxylic acids is 1. The van der Waals surface area contributed by atoms with Gasteiger partial charge in [0.05, 0.1) is 26.2 Å². The Balaban J connectivity index is 1.60. The molecule has 0 saturated heterocycles. The minimum Gasteiger partial charge on any atom is -0.478 e. The SMILES string of the molecule is O=C(O)c1ccc([N+](=O)[O-])cc1Nc1ccc2c(c1)CN(c1ccc(Cl)c(Cl)c1)C2. The molecule has 3 aromatic rings. The molecule has 4 rings (SSSR count). The number of nitro groups is 1. The number of carbonyl (C=O) groups is 1. The van der Waals surface area contributed by atoms with Crippen molar-refractivity contribution in [3.05, 3.63) is 91.4 Å². The predicted molar refractivity (Wildman–Crippen MR) is 116 cm³/mol. The van der Waals surface area contributed by atoms with Crippen LogP contribution in [-0.4, -0.2) is 16.0 Å². The summed E-state index contributed by atoms with van der Waals surface area (Å²) in [7, 11) is 0. The van der Waals surface area contributed by atoms with Crippen LogP contribution in [0.15, 0.2) is 54.6 Å². The van der Waals surface area contributed by atoms with Crippen LogP contribution in [0.4, 0.5) is 22.7 Å². The van der Waals surface area contributed by atoms with E-state index >= 15 is 0 Å². The van der Waals surface area contributed by atoms with E-state index in [2.05, 4.69) is 10.2 Å². The molecule has 3 aromatic carbocycles. The van der Waals surface area contributed by atoms with Gasteiger partial charge in [0, 0.05) is 36.6 Å². The Morgan fingerprint density at radius 1 is 1.00 bits per heavy atom. The molecule has 0 radical (unpaired) electrons. The predicted octanol–water partition coefficient (Wildman–Crippen LogP) is 5.86. The highest BCUT2D eigenvalue weighted by Gasteiger charge is 2.21. The Morgan fingerprint density at radius 3 is 2.47 bits per heavy atom. The zero-order valence-electron chi connectivity index (χ0n) is 15.4. The highest BCUT2D eigenvalue weighted by Crippen LogP contribution is 2.34. The Bertz CT molecular complexity index is 1180. The molecule has 7 nitrogen and oxygen atoms in total. The lowest BCUT2D eigenvalue weighted by Gasteiger charge is -2.18. The average Bonchev–Trinajstić information content (AvgIpc) is 3.13. The van der Waals surface area contributed by atoms with Crippen LogP contribution in [0, 0.1) is 10.1 Å². The summed E-state index contributed by atoms with van der Waals surface area (Å²) in [6.45, 7) is 1.34. The second-order valence-corrected chi connectivity index (χ2v) is 7.67. The number of hydrogen-bond acceptors (Lipinski definition) is 5. The van der Waals surface area contributed by atoms with Crippen molar-refractivity contribution >= 4 is 51.9 Å². The fourth-order valence-corrected chi connectivity index (χ4v) is 3.72. The molecule has 0 amide bonds. The molecule has 0 aromatic heterocycles. The second kappa shape index (κ2) is 7.85. The van der Waals surface area contributed by atoms with Crippen molar-refractivity contribution in [2.24, 2.45) is 0 Å². The topological polar surface area (TPSA) is 95.7 Å². The molecule has 1 heterocycles. The van der Waals surface area contributed by atoms with E-state index in [0.29, 0.717) is 28.8 Å². The molecular weight excluding hydrogens is 429 g/mol. The van der Waals surface area contributed by atoms with Crippen molar-refractivity contribution in [1.82, 2.24) is 0 Å². The highest BCUT2D eigenvalue weighted by molar-refractivity contribution is 6.42. The smallest absolute Gasteiger partial charge is 0.337 e. The number of hydrogen-bond donors (Lipinski definition) is 2. The summed E-state index contributed by atoms with van der Waals surface area (Å²) in [4.78, 5) is 24.1. The Hall–Kier alpha value is -3.29. The first-order valence-corrected chi connectivity index (χ1v) is 9.68. The van der Waals surface area contributed by atoms with E-state index in [0.717, 1.165) is 16.8 Å². The largest absolute Gasteiger partial charge is 0.478 e. The molecule has 30 heavy (non-hydrogen) atoms. The van der Waals surface area contributed by atoms with Crippen LogP contribution in [0.25, 0.3) is 0 Å². The number of carboxylic acids is 1. The van der Waals surface area contributed by atoms with Crippen LogP contribution in [0.3, 0.4) is 0 Å². The molecule has 0 fully saturated rings. The zero-order valence-corrected chi connectivity index (χ0v) is 16.9. The lowest BCUT2D eigenvalue weighted by atomic mass is 10.1. The fraction of sp³-hybridized carbons (Fsp3) is 0.0952. The van der Waals surface area contributed by atoms with Crippen molar-refractivity contribution in [1.29, 1.82) is 0 Å². The average molecular weight is 444 g/mol. The molecule has 0 spiro atoms. The quantitative estimate of drug-likeness (QED) is 0.378. The second-order valence-electron chi connectivity index (χ2n) is 6.86. The van der Waals surface area contributed by atoms with Crippen molar-refractivity contribution in [3.63, 3.8) is 0 Å². The minimum absolute atomic E-state index is 0.0430. The van der Waals surface area contributed by atoms with Gasteiger partial charge in [-0.15, -0.1) is 0 Å². The summed E-state index contributed by atoms with van der Waals surface area (Å²) < 4.78 is 0. The highest BCUT2D eigenvalue weighted by atomic mass is 35.5. The van der Waals surface area contributed by atoms with Gasteiger partial charge in [-0.05, 0) is 47.5 Å². The molecule has 0 saturated carbocycles. The van der Waals surface area contributed by atoms with Crippen LogP contribution in [-0.2, 0) is 13.1 Å². The number of anilines is 3. The fourth-order valence-electron chi connectivity index (χ4n) is 3.43. The molecule has 0 bridgehead atoms. The molecular formula is C21H15Cl2N3O4. The number of nitro benzene ring substituents is 1. The summed E-state index contributed by atoms with van der Waals surface area (Å²) >= 11 is 12.1. The maximum absolute atomic E-state index is 11.5. The van der Waals surface area contributed by atoms with Crippen molar-refractivity contribution in [3.8, 4) is 0 Å². The Labute approximate surface area is 181 Å². The lowest BCUT2D eigenvalue weighted by molar-refractivity contribution is -0.384. The van der Waals surface area contributed by atoms with E-state index in [4.69, 9.17) is 23.2 Å². The van der Waals surface area contributed by atoms with Gasteiger partial charge in [-0.3, -0.25) is 10.1 Å². The molecule has 0 aliphatic carbocycles. The number of benzene rings is 3. The van der Waals surface area contributed by atoms with Crippen molar-refractivity contribution in [2.45, 2.75) is 13.1 Å². The summed E-state index contributed by atoms with van der Waals surface area (Å²) in [5, 5.41) is 24.4. The van der Waals surface area contributed by atoms with Gasteiger partial charge in [0.1, 0.15) is 0 Å². The lowest BCUT2D eigenvalue weighted by Crippen LogP contribution is -2.14. The van der Waals surface area contributed by atoms with Gasteiger partial charge in [-0.1, -0.05) is 29.3 Å².